The molecule has 0 aromatic heterocycles. The quantitative estimate of drug-likeness (QED) is 0.422. The van der Waals surface area contributed by atoms with Crippen LogP contribution in [0.25, 0.3) is 0 Å². The Kier molecular flexibility index (Phi) is 2.37. The molecule has 0 aromatic rings. The first-order valence-corrected chi connectivity index (χ1v) is 3.32. The molecular formula is C7H9NO2. The minimum absolute atomic E-state index is 0.124. The highest BCUT2D eigenvalue weighted by Crippen LogP contribution is 2.05. The molecule has 0 radical (unpaired) electrons. The van der Waals surface area contributed by atoms with Crippen LogP contribution >= 0.6 is 0 Å². The van der Waals surface area contributed by atoms with E-state index in [-0.39, 0.29) is 11.8 Å². The minimum Gasteiger partial charge on any atom is -0.307 e. The molecule has 0 spiro atoms. The minimum atomic E-state index is -0.146. The average Bonchev–Trinajstić information content (AvgIpc) is 2.38. The molecule has 1 N–H and O–H groups in total. The topological polar surface area (TPSA) is 46.2 Å². The number of rotatable bonds is 2. The highest BCUT2D eigenvalue weighted by atomic mass is 16.1. The van der Waals surface area contributed by atoms with E-state index in [9.17, 15) is 9.59 Å². The lowest BCUT2D eigenvalue weighted by Crippen LogP contribution is -2.29. The van der Waals surface area contributed by atoms with Gasteiger partial charge in [-0.15, -0.1) is 0 Å². The molecule has 1 aliphatic heterocycles. The van der Waals surface area contributed by atoms with Crippen LogP contribution < -0.4 is 5.32 Å². The summed E-state index contributed by atoms with van der Waals surface area (Å²) in [5.41, 5.74) is 0. The third-order valence-corrected chi connectivity index (χ3v) is 1.60. The molecule has 1 aliphatic rings. The monoisotopic (exact) mass is 139 g/mol. The smallest absolute Gasteiger partial charge is 0.183 e. The van der Waals surface area contributed by atoms with E-state index in [1.54, 1.807) is 0 Å². The van der Waals surface area contributed by atoms with Gasteiger partial charge in [0.1, 0.15) is 5.94 Å². The van der Waals surface area contributed by atoms with E-state index in [2.05, 4.69) is 5.32 Å². The van der Waals surface area contributed by atoms with Gasteiger partial charge in [0.25, 0.3) is 0 Å². The molecule has 0 aromatic carbocycles. The molecule has 1 heterocycles. The summed E-state index contributed by atoms with van der Waals surface area (Å²) >= 11 is 0. The van der Waals surface area contributed by atoms with Crippen LogP contribution in [0.1, 0.15) is 12.8 Å². The molecule has 1 saturated heterocycles. The summed E-state index contributed by atoms with van der Waals surface area (Å²) in [7, 11) is 0. The molecule has 0 aliphatic carbocycles. The van der Waals surface area contributed by atoms with E-state index in [1.807, 2.05) is 0 Å². The van der Waals surface area contributed by atoms with E-state index >= 15 is 0 Å². The Labute approximate surface area is 59.1 Å². The van der Waals surface area contributed by atoms with E-state index in [1.165, 1.54) is 5.94 Å². The lowest BCUT2D eigenvalue weighted by atomic mass is 10.1. The van der Waals surface area contributed by atoms with Crippen molar-refractivity contribution in [2.24, 2.45) is 0 Å². The number of nitrogens with one attached hydrogen (secondary N) is 1. The third-order valence-electron chi connectivity index (χ3n) is 1.60. The van der Waals surface area contributed by atoms with Gasteiger partial charge in [0.05, 0.1) is 12.1 Å². The first-order valence-electron chi connectivity index (χ1n) is 3.32. The summed E-state index contributed by atoms with van der Waals surface area (Å²) in [6, 6.07) is -0.124. The van der Waals surface area contributed by atoms with Gasteiger partial charge < -0.3 is 5.32 Å². The molecule has 54 valence electrons. The third kappa shape index (κ3) is 1.53. The first-order chi connectivity index (χ1) is 4.84. The van der Waals surface area contributed by atoms with Crippen LogP contribution in [0.2, 0.25) is 0 Å². The van der Waals surface area contributed by atoms with Gasteiger partial charge in [-0.05, 0) is 19.4 Å². The van der Waals surface area contributed by atoms with E-state index < -0.39 is 0 Å². The fraction of sp³-hybridized carbons (Fsp3) is 0.571. The van der Waals surface area contributed by atoms with Gasteiger partial charge in [0.2, 0.25) is 0 Å². The molecule has 1 unspecified atom stereocenters. The van der Waals surface area contributed by atoms with Gasteiger partial charge in [0.15, 0.2) is 5.78 Å². The molecule has 0 bridgehead atoms. The van der Waals surface area contributed by atoms with Crippen LogP contribution in [0.3, 0.4) is 0 Å². The maximum atomic E-state index is 10.9. The van der Waals surface area contributed by atoms with Gasteiger partial charge in [-0.25, -0.2) is 4.79 Å². The fourth-order valence-electron chi connectivity index (χ4n) is 1.09. The van der Waals surface area contributed by atoms with Crippen LogP contribution in [0.5, 0.6) is 0 Å². The zero-order chi connectivity index (χ0) is 7.40. The number of carbonyl (C=O) groups excluding carboxylic acids is 2. The van der Waals surface area contributed by atoms with Crippen molar-refractivity contribution in [1.29, 1.82) is 0 Å². The maximum absolute atomic E-state index is 10.9. The van der Waals surface area contributed by atoms with E-state index in [4.69, 9.17) is 0 Å². The normalized spacial score (nSPS) is 23.8. The molecule has 1 fully saturated rings. The van der Waals surface area contributed by atoms with Crippen molar-refractivity contribution in [2.45, 2.75) is 18.9 Å². The summed E-state index contributed by atoms with van der Waals surface area (Å²) in [4.78, 5) is 20.6. The standard InChI is InChI=1S/C7H9NO2/c9-5-3-7(10)6-2-1-4-8-6/h3,6,8H,1-2,4H2. The highest BCUT2D eigenvalue weighted by molar-refractivity contribution is 5.99. The Morgan fingerprint density at radius 2 is 2.50 bits per heavy atom. The van der Waals surface area contributed by atoms with Gasteiger partial charge in [-0.1, -0.05) is 0 Å². The van der Waals surface area contributed by atoms with Crippen LogP contribution in [0, 0.1) is 0 Å². The summed E-state index contributed by atoms with van der Waals surface area (Å²) in [5.74, 6) is 1.33. The molecule has 0 saturated carbocycles. The SMILES string of the molecule is O=C=CC(=O)C1CCCN1. The van der Waals surface area contributed by atoms with Crippen molar-refractivity contribution in [3.8, 4) is 0 Å². The Balaban J connectivity index is 2.47. The van der Waals surface area contributed by atoms with Gasteiger partial charge in [-0.2, -0.15) is 0 Å². The molecule has 1 atom stereocenters. The molecule has 10 heavy (non-hydrogen) atoms. The van der Waals surface area contributed by atoms with Crippen LogP contribution in [-0.4, -0.2) is 24.3 Å². The predicted octanol–water partition coefficient (Wildman–Crippen LogP) is -0.305. The summed E-state index contributed by atoms with van der Waals surface area (Å²) in [6.07, 6.45) is 2.82. The number of hydrogen-bond donors (Lipinski definition) is 1. The van der Waals surface area contributed by atoms with Crippen LogP contribution in [-0.2, 0) is 9.59 Å². The van der Waals surface area contributed by atoms with Crippen molar-refractivity contribution in [3.63, 3.8) is 0 Å². The van der Waals surface area contributed by atoms with Crippen molar-refractivity contribution in [3.05, 3.63) is 6.08 Å². The van der Waals surface area contributed by atoms with Crippen LogP contribution in [0.4, 0.5) is 0 Å². The second kappa shape index (κ2) is 3.30. The lowest BCUT2D eigenvalue weighted by molar-refractivity contribution is -0.116. The molecular weight excluding hydrogens is 130 g/mol. The Hall–Kier alpha value is -0.920. The molecule has 1 rings (SSSR count). The number of ketones is 1. The molecule has 3 heteroatoms. The molecule has 0 amide bonds. The zero-order valence-electron chi connectivity index (χ0n) is 5.59. The van der Waals surface area contributed by atoms with Gasteiger partial charge >= 0.3 is 0 Å². The second-order valence-electron chi connectivity index (χ2n) is 2.31. The highest BCUT2D eigenvalue weighted by Gasteiger charge is 2.19. The van der Waals surface area contributed by atoms with Gasteiger partial charge in [-0.3, -0.25) is 4.79 Å². The van der Waals surface area contributed by atoms with Crippen molar-refractivity contribution in [1.82, 2.24) is 5.32 Å². The molecule has 3 nitrogen and oxygen atoms in total. The predicted molar refractivity (Wildman–Crippen MR) is 36.3 cm³/mol. The Bertz CT molecular complexity index is 176. The van der Waals surface area contributed by atoms with Crippen molar-refractivity contribution < 1.29 is 9.59 Å². The largest absolute Gasteiger partial charge is 0.307 e. The van der Waals surface area contributed by atoms with Crippen molar-refractivity contribution >= 4 is 11.7 Å². The average molecular weight is 139 g/mol. The first kappa shape index (κ1) is 7.19. The van der Waals surface area contributed by atoms with Gasteiger partial charge in [0, 0.05) is 0 Å². The number of hydrogen-bond acceptors (Lipinski definition) is 3. The fourth-order valence-corrected chi connectivity index (χ4v) is 1.09. The second-order valence-corrected chi connectivity index (χ2v) is 2.31. The summed E-state index contributed by atoms with van der Waals surface area (Å²) in [6.45, 7) is 0.878. The van der Waals surface area contributed by atoms with E-state index in [0.717, 1.165) is 25.5 Å². The van der Waals surface area contributed by atoms with Crippen molar-refractivity contribution in [2.75, 3.05) is 6.54 Å². The maximum Gasteiger partial charge on any atom is 0.183 e. The Morgan fingerprint density at radius 1 is 1.70 bits per heavy atom. The summed E-state index contributed by atoms with van der Waals surface area (Å²) < 4.78 is 0. The Morgan fingerprint density at radius 3 is 3.00 bits per heavy atom. The zero-order valence-corrected chi connectivity index (χ0v) is 5.59. The summed E-state index contributed by atoms with van der Waals surface area (Å²) in [5, 5.41) is 2.98. The lowest BCUT2D eigenvalue weighted by Gasteiger charge is -2.01. The number of carbonyl (C=O) groups is 1. The van der Waals surface area contributed by atoms with Crippen LogP contribution in [0.15, 0.2) is 6.08 Å². The van der Waals surface area contributed by atoms with E-state index in [0.29, 0.717) is 0 Å².